The molecule has 3 atom stereocenters. The van der Waals surface area contributed by atoms with Gasteiger partial charge in [-0.15, -0.1) is 0 Å². The first-order valence-corrected chi connectivity index (χ1v) is 15.2. The first-order valence-electron chi connectivity index (χ1n) is 15.2. The van der Waals surface area contributed by atoms with Gasteiger partial charge in [-0.2, -0.15) is 0 Å². The van der Waals surface area contributed by atoms with Gasteiger partial charge in [-0.3, -0.25) is 0 Å². The molecule has 3 aromatic rings. The van der Waals surface area contributed by atoms with E-state index >= 15 is 0 Å². The number of aliphatic hydroxyl groups is 3. The van der Waals surface area contributed by atoms with Crippen LogP contribution < -0.4 is 0 Å². The Kier molecular flexibility index (Phi) is 10.4. The Hall–Kier alpha value is -2.46. The van der Waals surface area contributed by atoms with Crippen molar-refractivity contribution in [2.75, 3.05) is 19.8 Å². The molecule has 3 aromatic carbocycles. The molecule has 3 rings (SSSR count). The van der Waals surface area contributed by atoms with E-state index in [1.807, 2.05) is 0 Å². The van der Waals surface area contributed by atoms with E-state index in [1.165, 1.54) is 16.7 Å². The van der Waals surface area contributed by atoms with Crippen LogP contribution in [0.3, 0.4) is 0 Å². The average Bonchev–Trinajstić information content (AvgIpc) is 3.02. The molecular formula is C37H52O3. The number of hydrogen-bond donors (Lipinski definition) is 3. The molecule has 40 heavy (non-hydrogen) atoms. The van der Waals surface area contributed by atoms with Gasteiger partial charge >= 0.3 is 0 Å². The lowest BCUT2D eigenvalue weighted by Crippen LogP contribution is -2.33. The van der Waals surface area contributed by atoms with Gasteiger partial charge in [0.15, 0.2) is 0 Å². The van der Waals surface area contributed by atoms with Crippen molar-refractivity contribution in [3.63, 3.8) is 0 Å². The van der Waals surface area contributed by atoms with Crippen LogP contribution in [0.25, 0.3) is 0 Å². The minimum Gasteiger partial charge on any atom is -0.395 e. The van der Waals surface area contributed by atoms with E-state index in [4.69, 9.17) is 0 Å². The molecule has 0 radical (unpaired) electrons. The maximum Gasteiger partial charge on any atom is 0.0525 e. The van der Waals surface area contributed by atoms with Crippen LogP contribution in [0.5, 0.6) is 0 Å². The summed E-state index contributed by atoms with van der Waals surface area (Å²) in [5.74, 6) is 0. The van der Waals surface area contributed by atoms with Gasteiger partial charge in [0.05, 0.1) is 19.8 Å². The highest BCUT2D eigenvalue weighted by atomic mass is 16.3. The van der Waals surface area contributed by atoms with E-state index in [1.54, 1.807) is 0 Å². The van der Waals surface area contributed by atoms with Crippen molar-refractivity contribution in [3.8, 4) is 0 Å². The Balaban J connectivity index is 2.45. The minimum atomic E-state index is -0.449. The fourth-order valence-electron chi connectivity index (χ4n) is 6.01. The Morgan fingerprint density at radius 1 is 0.475 bits per heavy atom. The summed E-state index contributed by atoms with van der Waals surface area (Å²) in [4.78, 5) is 0. The molecule has 3 unspecified atom stereocenters. The lowest BCUT2D eigenvalue weighted by atomic mass is 9.64. The third-order valence-electron chi connectivity index (χ3n) is 10.2. The van der Waals surface area contributed by atoms with E-state index in [-0.39, 0.29) is 36.1 Å². The smallest absolute Gasteiger partial charge is 0.0525 e. The summed E-state index contributed by atoms with van der Waals surface area (Å²) in [7, 11) is 0. The molecule has 0 spiro atoms. The van der Waals surface area contributed by atoms with Gasteiger partial charge in [-0.1, -0.05) is 128 Å². The van der Waals surface area contributed by atoms with Crippen LogP contribution in [0.4, 0.5) is 0 Å². The fourth-order valence-corrected chi connectivity index (χ4v) is 6.01. The number of rotatable bonds is 14. The number of hydrogen-bond acceptors (Lipinski definition) is 3. The Bertz CT molecular complexity index is 1080. The second-order valence-electron chi connectivity index (χ2n) is 12.6. The Morgan fingerprint density at radius 2 is 0.750 bits per heavy atom. The van der Waals surface area contributed by atoms with E-state index in [9.17, 15) is 15.3 Å². The zero-order chi connectivity index (χ0) is 29.6. The van der Waals surface area contributed by atoms with Crippen LogP contribution in [-0.2, 0) is 21.7 Å². The first-order chi connectivity index (χ1) is 19.1. The highest BCUT2D eigenvalue weighted by Gasteiger charge is 2.39. The van der Waals surface area contributed by atoms with Crippen LogP contribution in [-0.4, -0.2) is 35.1 Å². The highest BCUT2D eigenvalue weighted by molar-refractivity contribution is 5.54. The summed E-state index contributed by atoms with van der Waals surface area (Å²) in [6.07, 6.45) is 4.40. The van der Waals surface area contributed by atoms with Crippen LogP contribution in [0, 0.1) is 0 Å². The average molecular weight is 545 g/mol. The lowest BCUT2D eigenvalue weighted by Gasteiger charge is -2.39. The van der Waals surface area contributed by atoms with Crippen molar-refractivity contribution in [2.45, 2.75) is 102 Å². The molecule has 0 fully saturated rings. The highest BCUT2D eigenvalue weighted by Crippen LogP contribution is 2.46. The Labute approximate surface area is 243 Å². The lowest BCUT2D eigenvalue weighted by molar-refractivity contribution is 0.201. The van der Waals surface area contributed by atoms with Crippen molar-refractivity contribution in [1.29, 1.82) is 0 Å². The molecule has 0 saturated carbocycles. The maximum absolute atomic E-state index is 10.4. The third kappa shape index (κ3) is 5.79. The molecule has 0 aliphatic carbocycles. The van der Waals surface area contributed by atoms with Crippen molar-refractivity contribution < 1.29 is 15.3 Å². The predicted molar refractivity (Wildman–Crippen MR) is 168 cm³/mol. The zero-order valence-corrected chi connectivity index (χ0v) is 25.9. The van der Waals surface area contributed by atoms with Gasteiger partial charge in [0.1, 0.15) is 0 Å². The van der Waals surface area contributed by atoms with Crippen LogP contribution in [0.1, 0.15) is 114 Å². The second-order valence-corrected chi connectivity index (χ2v) is 12.6. The molecule has 0 saturated heterocycles. The second kappa shape index (κ2) is 13.0. The molecular weight excluding hydrogens is 492 g/mol. The van der Waals surface area contributed by atoms with Gasteiger partial charge in [-0.25, -0.2) is 0 Å². The standard InChI is InChI=1S/C37H52O3/c1-8-21-37(31-18-12-15-28(22-31)34(5,9-2)25-38,32-19-13-16-29(23-32)35(6,10-3)26-39)33-20-14-17-30(24-33)36(7,11-4)27-40/h12-20,22-24,38-40H,8-11,21,25-27H2,1-7H3. The van der Waals surface area contributed by atoms with Crippen molar-refractivity contribution in [1.82, 2.24) is 0 Å². The minimum absolute atomic E-state index is 0.0927. The maximum atomic E-state index is 10.4. The van der Waals surface area contributed by atoms with Crippen LogP contribution >= 0.6 is 0 Å². The van der Waals surface area contributed by atoms with Crippen LogP contribution in [0.2, 0.25) is 0 Å². The van der Waals surface area contributed by atoms with Gasteiger partial charge in [0.2, 0.25) is 0 Å². The van der Waals surface area contributed by atoms with Gasteiger partial charge in [0.25, 0.3) is 0 Å². The molecule has 0 aliphatic heterocycles. The first kappa shape index (κ1) is 32.1. The normalized spacial score (nSPS) is 17.9. The summed E-state index contributed by atoms with van der Waals surface area (Å²) in [5.41, 5.74) is 5.62. The summed E-state index contributed by atoms with van der Waals surface area (Å²) >= 11 is 0. The quantitative estimate of drug-likeness (QED) is 0.181. The molecule has 3 nitrogen and oxygen atoms in total. The van der Waals surface area contributed by atoms with Crippen molar-refractivity contribution in [3.05, 3.63) is 106 Å². The van der Waals surface area contributed by atoms with E-state index in [2.05, 4.69) is 121 Å². The fraction of sp³-hybridized carbons (Fsp3) is 0.514. The van der Waals surface area contributed by atoms with Gasteiger partial charge in [-0.05, 0) is 59.1 Å². The van der Waals surface area contributed by atoms with Crippen molar-refractivity contribution in [2.24, 2.45) is 0 Å². The summed E-state index contributed by atoms with van der Waals surface area (Å²) in [6.45, 7) is 15.3. The molecule has 0 bridgehead atoms. The molecule has 3 heteroatoms. The van der Waals surface area contributed by atoms with Gasteiger partial charge < -0.3 is 15.3 Å². The van der Waals surface area contributed by atoms with Gasteiger partial charge in [0, 0.05) is 21.7 Å². The summed E-state index contributed by atoms with van der Waals surface area (Å²) in [6, 6.07) is 26.5. The molecule has 0 amide bonds. The predicted octanol–water partition coefficient (Wildman–Crippen LogP) is 7.80. The number of aliphatic hydroxyl groups excluding tert-OH is 3. The van der Waals surface area contributed by atoms with E-state index < -0.39 is 5.41 Å². The topological polar surface area (TPSA) is 60.7 Å². The number of benzene rings is 3. The molecule has 0 aliphatic rings. The van der Waals surface area contributed by atoms with E-state index in [0.717, 1.165) is 48.8 Å². The third-order valence-corrected chi connectivity index (χ3v) is 10.2. The molecule has 0 aromatic heterocycles. The molecule has 3 N–H and O–H groups in total. The zero-order valence-electron chi connectivity index (χ0n) is 25.9. The van der Waals surface area contributed by atoms with E-state index in [0.29, 0.717) is 0 Å². The molecule has 218 valence electrons. The summed E-state index contributed by atoms with van der Waals surface area (Å²) in [5, 5.41) is 31.1. The van der Waals surface area contributed by atoms with Crippen molar-refractivity contribution >= 4 is 0 Å². The van der Waals surface area contributed by atoms with Crippen LogP contribution in [0.15, 0.2) is 72.8 Å². The molecule has 0 heterocycles. The SMILES string of the molecule is CCCC(c1cccc(C(C)(CC)CO)c1)(c1cccc(C(C)(CC)CO)c1)c1cccc(C(C)(CC)CO)c1. The Morgan fingerprint density at radius 3 is 0.975 bits per heavy atom. The largest absolute Gasteiger partial charge is 0.395 e. The monoisotopic (exact) mass is 544 g/mol. The summed E-state index contributed by atoms with van der Waals surface area (Å²) < 4.78 is 0.